The van der Waals surface area contributed by atoms with Crippen LogP contribution in [0.25, 0.3) is 11.3 Å². The number of aromatic nitrogens is 2. The van der Waals surface area contributed by atoms with Gasteiger partial charge in [-0.1, -0.05) is 6.92 Å². The second kappa shape index (κ2) is 4.53. The van der Waals surface area contributed by atoms with Crippen LogP contribution in [0.5, 0.6) is 5.75 Å². The van der Waals surface area contributed by atoms with Gasteiger partial charge in [-0.2, -0.15) is 0 Å². The molecular formula is C12H14N2OS. The number of aryl methyl sites for hydroxylation is 1. The minimum Gasteiger partial charge on any atom is -0.496 e. The van der Waals surface area contributed by atoms with E-state index in [4.69, 9.17) is 17.0 Å². The monoisotopic (exact) mass is 234 g/mol. The molecule has 0 radical (unpaired) electrons. The van der Waals surface area contributed by atoms with Gasteiger partial charge in [0.2, 0.25) is 0 Å². The van der Waals surface area contributed by atoms with E-state index in [2.05, 4.69) is 23.0 Å². The number of nitrogens with one attached hydrogen (secondary N) is 2. The Bertz CT molecular complexity index is 542. The number of hydrogen-bond acceptors (Lipinski definition) is 2. The maximum atomic E-state index is 5.29. The molecule has 0 spiro atoms. The molecular weight excluding hydrogens is 220 g/mol. The van der Waals surface area contributed by atoms with Crippen LogP contribution >= 0.6 is 12.2 Å². The maximum absolute atomic E-state index is 5.29. The topological polar surface area (TPSA) is 40.8 Å². The highest BCUT2D eigenvalue weighted by atomic mass is 32.1. The van der Waals surface area contributed by atoms with Crippen LogP contribution in [-0.4, -0.2) is 17.1 Å². The van der Waals surface area contributed by atoms with Crippen LogP contribution in [0.2, 0.25) is 0 Å². The highest BCUT2D eigenvalue weighted by Crippen LogP contribution is 2.25. The fraction of sp³-hybridized carbons (Fsp3) is 0.250. The van der Waals surface area contributed by atoms with Gasteiger partial charge in [0.15, 0.2) is 4.77 Å². The molecule has 1 aromatic heterocycles. The van der Waals surface area contributed by atoms with Gasteiger partial charge in [0.1, 0.15) is 5.75 Å². The standard InChI is InChI=1S/C12H14N2OS/c1-3-8-6-9(4-5-11(8)15-2)10-7-13-12(16)14-10/h4-7H,3H2,1-2H3,(H2,13,14,16). The first kappa shape index (κ1) is 11.0. The molecule has 0 saturated heterocycles. The summed E-state index contributed by atoms with van der Waals surface area (Å²) >= 11 is 5.01. The van der Waals surface area contributed by atoms with Gasteiger partial charge in [0.05, 0.1) is 12.8 Å². The predicted octanol–water partition coefficient (Wildman–Crippen LogP) is 3.31. The van der Waals surface area contributed by atoms with E-state index in [-0.39, 0.29) is 0 Å². The first-order chi connectivity index (χ1) is 7.74. The van der Waals surface area contributed by atoms with Crippen molar-refractivity contribution in [2.45, 2.75) is 13.3 Å². The first-order valence-corrected chi connectivity index (χ1v) is 5.60. The summed E-state index contributed by atoms with van der Waals surface area (Å²) in [4.78, 5) is 6.06. The van der Waals surface area contributed by atoms with E-state index in [1.807, 2.05) is 18.3 Å². The van der Waals surface area contributed by atoms with E-state index < -0.39 is 0 Å². The lowest BCUT2D eigenvalue weighted by Gasteiger charge is -2.08. The van der Waals surface area contributed by atoms with Crippen molar-refractivity contribution >= 4 is 12.2 Å². The zero-order valence-corrected chi connectivity index (χ0v) is 10.1. The Morgan fingerprint density at radius 3 is 2.75 bits per heavy atom. The van der Waals surface area contributed by atoms with Crippen molar-refractivity contribution < 1.29 is 4.74 Å². The van der Waals surface area contributed by atoms with Gasteiger partial charge in [0, 0.05) is 11.8 Å². The third-order valence-corrected chi connectivity index (χ3v) is 2.79. The lowest BCUT2D eigenvalue weighted by molar-refractivity contribution is 0.410. The Morgan fingerprint density at radius 1 is 1.38 bits per heavy atom. The first-order valence-electron chi connectivity index (χ1n) is 5.19. The van der Waals surface area contributed by atoms with Crippen LogP contribution in [0.1, 0.15) is 12.5 Å². The van der Waals surface area contributed by atoms with Crippen LogP contribution in [0.4, 0.5) is 0 Å². The molecule has 0 fully saturated rings. The molecule has 0 bridgehead atoms. The molecule has 0 aliphatic carbocycles. The Hall–Kier alpha value is -1.55. The highest BCUT2D eigenvalue weighted by Gasteiger charge is 2.05. The summed E-state index contributed by atoms with van der Waals surface area (Å²) in [6.07, 6.45) is 2.83. The Balaban J connectivity index is 2.47. The molecule has 0 amide bonds. The quantitative estimate of drug-likeness (QED) is 0.800. The molecule has 16 heavy (non-hydrogen) atoms. The van der Waals surface area contributed by atoms with Crippen LogP contribution in [-0.2, 0) is 6.42 Å². The van der Waals surface area contributed by atoms with Crippen molar-refractivity contribution in [1.29, 1.82) is 0 Å². The summed E-state index contributed by atoms with van der Waals surface area (Å²) in [5, 5.41) is 0. The predicted molar refractivity (Wildman–Crippen MR) is 67.3 cm³/mol. The summed E-state index contributed by atoms with van der Waals surface area (Å²) in [5.41, 5.74) is 3.31. The van der Waals surface area contributed by atoms with Gasteiger partial charge in [-0.05, 0) is 42.4 Å². The van der Waals surface area contributed by atoms with Gasteiger partial charge in [-0.3, -0.25) is 0 Å². The number of hydrogen-bond donors (Lipinski definition) is 2. The molecule has 0 aliphatic rings. The molecule has 2 rings (SSSR count). The van der Waals surface area contributed by atoms with Crippen LogP contribution in [0.15, 0.2) is 24.4 Å². The zero-order chi connectivity index (χ0) is 11.5. The SMILES string of the molecule is CCc1cc(-c2c[nH]c(=S)[nH]2)ccc1OC. The van der Waals surface area contributed by atoms with Crippen LogP contribution < -0.4 is 4.74 Å². The van der Waals surface area contributed by atoms with E-state index >= 15 is 0 Å². The van der Waals surface area contributed by atoms with E-state index in [1.54, 1.807) is 7.11 Å². The average molecular weight is 234 g/mol. The molecule has 3 nitrogen and oxygen atoms in total. The third kappa shape index (κ3) is 2.02. The molecule has 0 saturated carbocycles. The molecule has 0 atom stereocenters. The Labute approximate surface area is 99.5 Å². The Morgan fingerprint density at radius 2 is 2.19 bits per heavy atom. The van der Waals surface area contributed by atoms with Gasteiger partial charge >= 0.3 is 0 Å². The molecule has 4 heteroatoms. The van der Waals surface area contributed by atoms with Crippen LogP contribution in [0.3, 0.4) is 0 Å². The normalized spacial score (nSPS) is 10.4. The van der Waals surface area contributed by atoms with Gasteiger partial charge in [-0.25, -0.2) is 0 Å². The van der Waals surface area contributed by atoms with E-state index in [9.17, 15) is 0 Å². The molecule has 2 aromatic rings. The number of imidazole rings is 1. The summed E-state index contributed by atoms with van der Waals surface area (Å²) in [5.74, 6) is 0.931. The number of benzene rings is 1. The number of aromatic amines is 2. The fourth-order valence-electron chi connectivity index (χ4n) is 1.71. The number of rotatable bonds is 3. The van der Waals surface area contributed by atoms with Crippen molar-refractivity contribution in [2.75, 3.05) is 7.11 Å². The summed E-state index contributed by atoms with van der Waals surface area (Å²) in [7, 11) is 1.69. The molecule has 84 valence electrons. The largest absolute Gasteiger partial charge is 0.496 e. The summed E-state index contributed by atoms with van der Waals surface area (Å²) in [6, 6.07) is 6.12. The lowest BCUT2D eigenvalue weighted by atomic mass is 10.1. The highest BCUT2D eigenvalue weighted by molar-refractivity contribution is 7.71. The average Bonchev–Trinajstić information content (AvgIpc) is 2.75. The fourth-order valence-corrected chi connectivity index (χ4v) is 1.88. The third-order valence-electron chi connectivity index (χ3n) is 2.57. The number of methoxy groups -OCH3 is 1. The smallest absolute Gasteiger partial charge is 0.174 e. The number of ether oxygens (including phenoxy) is 1. The van der Waals surface area contributed by atoms with E-state index in [0.717, 1.165) is 23.4 Å². The molecule has 0 unspecified atom stereocenters. The van der Waals surface area contributed by atoms with Crippen molar-refractivity contribution in [1.82, 2.24) is 9.97 Å². The van der Waals surface area contributed by atoms with Crippen molar-refractivity contribution in [3.63, 3.8) is 0 Å². The summed E-state index contributed by atoms with van der Waals surface area (Å²) in [6.45, 7) is 2.11. The van der Waals surface area contributed by atoms with Crippen molar-refractivity contribution in [3.8, 4) is 17.0 Å². The van der Waals surface area contributed by atoms with Crippen molar-refractivity contribution in [2.24, 2.45) is 0 Å². The summed E-state index contributed by atoms with van der Waals surface area (Å²) < 4.78 is 5.94. The van der Waals surface area contributed by atoms with Gasteiger partial charge < -0.3 is 14.7 Å². The van der Waals surface area contributed by atoms with E-state index in [0.29, 0.717) is 4.77 Å². The molecule has 1 heterocycles. The minimum absolute atomic E-state index is 0.642. The van der Waals surface area contributed by atoms with Crippen LogP contribution in [0, 0.1) is 4.77 Å². The van der Waals surface area contributed by atoms with Crippen molar-refractivity contribution in [3.05, 3.63) is 34.7 Å². The lowest BCUT2D eigenvalue weighted by Crippen LogP contribution is -1.91. The molecule has 2 N–H and O–H groups in total. The number of H-pyrrole nitrogens is 2. The minimum atomic E-state index is 0.642. The maximum Gasteiger partial charge on any atom is 0.174 e. The van der Waals surface area contributed by atoms with E-state index in [1.165, 1.54) is 5.56 Å². The van der Waals surface area contributed by atoms with Gasteiger partial charge in [-0.15, -0.1) is 0 Å². The second-order valence-corrected chi connectivity index (χ2v) is 3.94. The Kier molecular flexibility index (Phi) is 3.10. The van der Waals surface area contributed by atoms with Gasteiger partial charge in [0.25, 0.3) is 0 Å². The molecule has 0 aliphatic heterocycles. The molecule has 1 aromatic carbocycles. The zero-order valence-electron chi connectivity index (χ0n) is 9.33. The second-order valence-electron chi connectivity index (χ2n) is 3.54.